The molecule has 0 aromatic rings. The first kappa shape index (κ1) is 14.8. The molecule has 8 bridgehead atoms. The minimum atomic E-state index is 0.840. The summed E-state index contributed by atoms with van der Waals surface area (Å²) in [4.78, 5) is 0. The molecule has 0 radical (unpaired) electrons. The molecule has 8 aliphatic rings. The van der Waals surface area contributed by atoms with Crippen LogP contribution in [0.15, 0.2) is 0 Å². The summed E-state index contributed by atoms with van der Waals surface area (Å²) in [5.41, 5.74) is 0. The molecule has 0 atom stereocenters. The van der Waals surface area contributed by atoms with Crippen LogP contribution in [0.5, 0.6) is 0 Å². The molecular formula is C20H30OS2. The molecule has 0 N–H and O–H groups in total. The average Bonchev–Trinajstić information content (AvgIpc) is 2.51. The molecule has 0 saturated heterocycles. The molecule has 0 unspecified atom stereocenters. The number of hydrogen-bond acceptors (Lipinski definition) is 3. The Morgan fingerprint density at radius 1 is 0.435 bits per heavy atom. The molecule has 0 amide bonds. The summed E-state index contributed by atoms with van der Waals surface area (Å²) in [6.07, 6.45) is 15.3. The highest BCUT2D eigenvalue weighted by Crippen LogP contribution is 2.60. The summed E-state index contributed by atoms with van der Waals surface area (Å²) in [6, 6.07) is 0. The molecule has 8 fully saturated rings. The highest BCUT2D eigenvalue weighted by molar-refractivity contribution is 8.08. The Morgan fingerprint density at radius 3 is 1.04 bits per heavy atom. The molecule has 8 aliphatic carbocycles. The summed E-state index contributed by atoms with van der Waals surface area (Å²) in [7, 11) is 0. The lowest BCUT2D eigenvalue weighted by atomic mass is 9.56. The highest BCUT2D eigenvalue weighted by Gasteiger charge is 2.51. The van der Waals surface area contributed by atoms with Gasteiger partial charge in [-0.25, -0.2) is 3.63 Å². The SMILES string of the molecule is C1C2CC3CC1CC(C2)C3SOSC1C2CC3CC(C2)CC1C3. The lowest BCUT2D eigenvalue weighted by molar-refractivity contribution is 0.0241. The molecule has 0 aromatic carbocycles. The first-order chi connectivity index (χ1) is 11.3. The molecule has 3 heteroatoms. The molecule has 23 heavy (non-hydrogen) atoms. The van der Waals surface area contributed by atoms with E-state index in [2.05, 4.69) is 0 Å². The smallest absolute Gasteiger partial charge is 0.0380 e. The van der Waals surface area contributed by atoms with Crippen molar-refractivity contribution in [2.75, 3.05) is 0 Å². The topological polar surface area (TPSA) is 9.23 Å². The van der Waals surface area contributed by atoms with Crippen LogP contribution in [-0.4, -0.2) is 10.5 Å². The van der Waals surface area contributed by atoms with Crippen LogP contribution in [0, 0.1) is 47.3 Å². The van der Waals surface area contributed by atoms with Gasteiger partial charge in [-0.3, -0.25) is 0 Å². The zero-order valence-electron chi connectivity index (χ0n) is 14.1. The second kappa shape index (κ2) is 5.58. The van der Waals surface area contributed by atoms with Gasteiger partial charge in [-0.15, -0.1) is 0 Å². The molecule has 0 spiro atoms. The first-order valence-electron chi connectivity index (χ1n) is 10.3. The quantitative estimate of drug-likeness (QED) is 0.580. The predicted molar refractivity (Wildman–Crippen MR) is 97.9 cm³/mol. The van der Waals surface area contributed by atoms with Gasteiger partial charge in [0.05, 0.1) is 0 Å². The van der Waals surface area contributed by atoms with Crippen molar-refractivity contribution >= 4 is 24.1 Å². The molecule has 1 nitrogen and oxygen atoms in total. The zero-order chi connectivity index (χ0) is 15.0. The fourth-order valence-corrected chi connectivity index (χ4v) is 10.6. The van der Waals surface area contributed by atoms with Gasteiger partial charge in [-0.05, 0) is 112 Å². The Labute approximate surface area is 149 Å². The van der Waals surface area contributed by atoms with E-state index in [0.29, 0.717) is 0 Å². The Bertz CT molecular complexity index is 380. The van der Waals surface area contributed by atoms with Crippen LogP contribution in [0.3, 0.4) is 0 Å². The normalized spacial score (nSPS) is 59.0. The second-order valence-corrected chi connectivity index (χ2v) is 12.1. The van der Waals surface area contributed by atoms with E-state index >= 15 is 0 Å². The minimum Gasteiger partial charge on any atom is -0.247 e. The van der Waals surface area contributed by atoms with Crippen LogP contribution in [0.2, 0.25) is 0 Å². The van der Waals surface area contributed by atoms with Crippen molar-refractivity contribution < 1.29 is 3.63 Å². The third-order valence-corrected chi connectivity index (χ3v) is 11.2. The highest BCUT2D eigenvalue weighted by atomic mass is 32.2. The van der Waals surface area contributed by atoms with Crippen LogP contribution in [0.1, 0.15) is 64.2 Å². The molecule has 0 heterocycles. The van der Waals surface area contributed by atoms with Crippen molar-refractivity contribution in [3.63, 3.8) is 0 Å². The maximum Gasteiger partial charge on any atom is 0.0380 e. The molecule has 0 aliphatic heterocycles. The van der Waals surface area contributed by atoms with E-state index in [1.165, 1.54) is 51.4 Å². The van der Waals surface area contributed by atoms with Gasteiger partial charge in [0.25, 0.3) is 0 Å². The van der Waals surface area contributed by atoms with Crippen LogP contribution in [0.4, 0.5) is 0 Å². The van der Waals surface area contributed by atoms with Crippen LogP contribution in [0.25, 0.3) is 0 Å². The van der Waals surface area contributed by atoms with E-state index in [9.17, 15) is 0 Å². The maximum absolute atomic E-state index is 6.32. The van der Waals surface area contributed by atoms with Gasteiger partial charge >= 0.3 is 0 Å². The van der Waals surface area contributed by atoms with E-state index in [1.54, 1.807) is 12.8 Å². The van der Waals surface area contributed by atoms with Crippen molar-refractivity contribution in [3.8, 4) is 0 Å². The lowest BCUT2D eigenvalue weighted by Gasteiger charge is -2.54. The fourth-order valence-electron chi connectivity index (χ4n) is 8.18. The van der Waals surface area contributed by atoms with E-state index in [4.69, 9.17) is 3.63 Å². The number of hydrogen-bond donors (Lipinski definition) is 0. The van der Waals surface area contributed by atoms with Crippen LogP contribution in [-0.2, 0) is 3.63 Å². The van der Waals surface area contributed by atoms with Crippen molar-refractivity contribution in [3.05, 3.63) is 0 Å². The zero-order valence-corrected chi connectivity index (χ0v) is 15.7. The second-order valence-electron chi connectivity index (χ2n) is 10.1. The fraction of sp³-hybridized carbons (Fsp3) is 1.00. The summed E-state index contributed by atoms with van der Waals surface area (Å²) in [5, 5.41) is 1.68. The third kappa shape index (κ3) is 2.46. The maximum atomic E-state index is 6.32. The minimum absolute atomic E-state index is 0.840. The summed E-state index contributed by atoms with van der Waals surface area (Å²) in [5.74, 6) is 8.34. The molecule has 0 aromatic heterocycles. The molecule has 8 rings (SSSR count). The molecular weight excluding hydrogens is 320 g/mol. The Balaban J connectivity index is 1.07. The first-order valence-corrected chi connectivity index (χ1v) is 11.9. The molecule has 8 saturated carbocycles. The predicted octanol–water partition coefficient (Wildman–Crippen LogP) is 5.95. The van der Waals surface area contributed by atoms with Crippen molar-refractivity contribution in [2.24, 2.45) is 47.3 Å². The van der Waals surface area contributed by atoms with Crippen molar-refractivity contribution in [1.29, 1.82) is 0 Å². The van der Waals surface area contributed by atoms with E-state index < -0.39 is 0 Å². The van der Waals surface area contributed by atoms with Crippen LogP contribution < -0.4 is 0 Å². The van der Waals surface area contributed by atoms with Gasteiger partial charge in [-0.2, -0.15) is 0 Å². The Hall–Kier alpha value is 0.660. The van der Waals surface area contributed by atoms with Gasteiger partial charge in [0.1, 0.15) is 0 Å². The van der Waals surface area contributed by atoms with E-state index in [0.717, 1.165) is 57.8 Å². The monoisotopic (exact) mass is 350 g/mol. The van der Waals surface area contributed by atoms with Crippen molar-refractivity contribution in [1.82, 2.24) is 0 Å². The Morgan fingerprint density at radius 2 is 0.739 bits per heavy atom. The summed E-state index contributed by atoms with van der Waals surface area (Å²) >= 11 is 3.84. The third-order valence-electron chi connectivity index (χ3n) is 8.58. The van der Waals surface area contributed by atoms with Crippen molar-refractivity contribution in [2.45, 2.75) is 74.7 Å². The number of rotatable bonds is 4. The van der Waals surface area contributed by atoms with Gasteiger partial charge in [-0.1, -0.05) is 0 Å². The molecule has 128 valence electrons. The lowest BCUT2D eigenvalue weighted by Crippen LogP contribution is -2.47. The Kier molecular flexibility index (Phi) is 3.59. The van der Waals surface area contributed by atoms with Gasteiger partial charge < -0.3 is 0 Å². The standard InChI is InChI=1S/C20H30OS2/c1-11-3-15-5-12(1)6-16(4-11)19(15)22-21-23-20-17-7-13-2-14(9-17)10-18(20)8-13/h11-20H,1-10H2. The summed E-state index contributed by atoms with van der Waals surface area (Å²) in [6.45, 7) is 0. The summed E-state index contributed by atoms with van der Waals surface area (Å²) < 4.78 is 6.32. The van der Waals surface area contributed by atoms with Gasteiger partial charge in [0, 0.05) is 34.6 Å². The van der Waals surface area contributed by atoms with Gasteiger partial charge in [0.15, 0.2) is 0 Å². The average molecular weight is 351 g/mol. The van der Waals surface area contributed by atoms with E-state index in [-0.39, 0.29) is 0 Å². The van der Waals surface area contributed by atoms with Gasteiger partial charge in [0.2, 0.25) is 0 Å². The largest absolute Gasteiger partial charge is 0.247 e. The van der Waals surface area contributed by atoms with Crippen LogP contribution >= 0.6 is 24.1 Å². The van der Waals surface area contributed by atoms with E-state index in [1.807, 2.05) is 24.1 Å².